The molecule has 4 rings (SSSR count). The van der Waals surface area contributed by atoms with Gasteiger partial charge in [0.15, 0.2) is 23.1 Å². The molecular formula is C26H25N5O7S. The number of sulfonamides is 1. The minimum atomic E-state index is -4.12. The summed E-state index contributed by atoms with van der Waals surface area (Å²) < 4.78 is 45.3. The fraction of sp³-hybridized carbons (Fsp3) is 0.192. The first-order chi connectivity index (χ1) is 18.8. The van der Waals surface area contributed by atoms with Crippen LogP contribution in [0.5, 0.6) is 17.2 Å². The molecule has 0 fully saturated rings. The van der Waals surface area contributed by atoms with Gasteiger partial charge in [0.05, 0.1) is 60.2 Å². The molecule has 3 aromatic carbocycles. The molecule has 0 radical (unpaired) electrons. The smallest absolute Gasteiger partial charge is 0.263 e. The van der Waals surface area contributed by atoms with Gasteiger partial charge in [-0.25, -0.2) is 18.4 Å². The summed E-state index contributed by atoms with van der Waals surface area (Å²) in [7, 11) is -2.72. The highest BCUT2D eigenvalue weighted by Gasteiger charge is 2.21. The third-order valence-corrected chi connectivity index (χ3v) is 6.67. The molecule has 39 heavy (non-hydrogen) atoms. The lowest BCUT2D eigenvalue weighted by Gasteiger charge is -2.18. The van der Waals surface area contributed by atoms with E-state index in [0.717, 1.165) is 0 Å². The van der Waals surface area contributed by atoms with Crippen LogP contribution in [0.2, 0.25) is 0 Å². The summed E-state index contributed by atoms with van der Waals surface area (Å²) >= 11 is 0. The monoisotopic (exact) mass is 551 g/mol. The molecule has 0 aliphatic carbocycles. The van der Waals surface area contributed by atoms with Crippen LogP contribution in [0.1, 0.15) is 5.56 Å². The van der Waals surface area contributed by atoms with Gasteiger partial charge in [-0.05, 0) is 36.4 Å². The van der Waals surface area contributed by atoms with Crippen molar-refractivity contribution in [3.63, 3.8) is 0 Å². The zero-order valence-electron chi connectivity index (χ0n) is 20.8. The Balaban J connectivity index is 1.73. The zero-order valence-corrected chi connectivity index (χ0v) is 21.6. The molecule has 4 N–H and O–H groups in total. The first-order valence-electron chi connectivity index (χ1n) is 11.6. The molecule has 0 spiro atoms. The predicted molar refractivity (Wildman–Crippen MR) is 143 cm³/mol. The summed E-state index contributed by atoms with van der Waals surface area (Å²) in [6.07, 6.45) is 0. The molecule has 202 valence electrons. The standard InChI is InChI=1S/C26H25N5O7S/c1-36-23-15-18(33)14-22(24(23)38-13-12-37-11-10-32)30-25-26(29-21-5-3-2-4-20(21)28-25)31-39(34,35)19-8-6-17(16-27)7-9-19/h2-9,14-15,32-33H,10-13H2,1H3,(H,28,30)(H,29,31). The number of fused-ring (bicyclic) bond motifs is 1. The number of aromatic nitrogens is 2. The number of nitrogens with one attached hydrogen (secondary N) is 2. The van der Waals surface area contributed by atoms with Crippen LogP contribution in [-0.4, -0.2) is 62.1 Å². The molecule has 0 saturated heterocycles. The Morgan fingerprint density at radius 2 is 1.67 bits per heavy atom. The minimum Gasteiger partial charge on any atom is -0.508 e. The summed E-state index contributed by atoms with van der Waals surface area (Å²) in [6, 6.07) is 17.0. The lowest BCUT2D eigenvalue weighted by atomic mass is 10.2. The number of hydrogen-bond acceptors (Lipinski definition) is 11. The van der Waals surface area contributed by atoms with Crippen molar-refractivity contribution in [1.82, 2.24) is 9.97 Å². The zero-order chi connectivity index (χ0) is 27.8. The van der Waals surface area contributed by atoms with E-state index < -0.39 is 10.0 Å². The van der Waals surface area contributed by atoms with Gasteiger partial charge < -0.3 is 29.7 Å². The summed E-state index contributed by atoms with van der Waals surface area (Å²) in [5.74, 6) is 0.177. The number of phenolic OH excluding ortho intramolecular Hbond substituents is 1. The SMILES string of the molecule is COc1cc(O)cc(Nc2nc3ccccc3nc2NS(=O)(=O)c2ccc(C#N)cc2)c1OCCOCCO. The molecule has 0 saturated carbocycles. The maximum absolute atomic E-state index is 13.2. The molecule has 0 aliphatic rings. The van der Waals surface area contributed by atoms with E-state index in [1.807, 2.05) is 6.07 Å². The molecule has 4 aromatic rings. The first-order valence-corrected chi connectivity index (χ1v) is 13.1. The number of hydrogen-bond donors (Lipinski definition) is 4. The largest absolute Gasteiger partial charge is 0.508 e. The van der Waals surface area contributed by atoms with Crippen molar-refractivity contribution >= 4 is 38.4 Å². The number of nitriles is 1. The first kappa shape index (κ1) is 27.4. The second kappa shape index (κ2) is 12.3. The minimum absolute atomic E-state index is 0.0277. The van der Waals surface area contributed by atoms with Crippen molar-refractivity contribution in [1.29, 1.82) is 5.26 Å². The van der Waals surface area contributed by atoms with E-state index in [2.05, 4.69) is 20.0 Å². The number of methoxy groups -OCH3 is 1. The van der Waals surface area contributed by atoms with Crippen LogP contribution >= 0.6 is 0 Å². The highest BCUT2D eigenvalue weighted by Crippen LogP contribution is 2.41. The molecule has 0 atom stereocenters. The van der Waals surface area contributed by atoms with Crippen LogP contribution in [0.3, 0.4) is 0 Å². The summed E-state index contributed by atoms with van der Waals surface area (Å²) in [6.45, 7) is 0.292. The van der Waals surface area contributed by atoms with Gasteiger partial charge in [-0.1, -0.05) is 12.1 Å². The summed E-state index contributed by atoms with van der Waals surface area (Å²) in [5, 5.41) is 31.2. The van der Waals surface area contributed by atoms with Crippen molar-refractivity contribution in [2.45, 2.75) is 4.90 Å². The second-order valence-corrected chi connectivity index (χ2v) is 9.67. The Morgan fingerprint density at radius 3 is 2.31 bits per heavy atom. The van der Waals surface area contributed by atoms with E-state index >= 15 is 0 Å². The average Bonchev–Trinajstić information content (AvgIpc) is 2.93. The molecule has 0 unspecified atom stereocenters. The van der Waals surface area contributed by atoms with E-state index in [1.165, 1.54) is 43.5 Å². The Kier molecular flexibility index (Phi) is 8.62. The van der Waals surface area contributed by atoms with Crippen molar-refractivity contribution < 1.29 is 32.8 Å². The van der Waals surface area contributed by atoms with E-state index in [9.17, 15) is 13.5 Å². The number of nitrogens with zero attached hydrogens (tertiary/aromatic N) is 3. The molecule has 1 aromatic heterocycles. The predicted octanol–water partition coefficient (Wildman–Crippen LogP) is 3.15. The number of benzene rings is 3. The normalized spacial score (nSPS) is 11.1. The maximum Gasteiger partial charge on any atom is 0.263 e. The van der Waals surface area contributed by atoms with Gasteiger partial charge in [0, 0.05) is 12.1 Å². The Morgan fingerprint density at radius 1 is 0.974 bits per heavy atom. The molecule has 0 amide bonds. The summed E-state index contributed by atoms with van der Waals surface area (Å²) in [5.41, 5.74) is 1.45. The lowest BCUT2D eigenvalue weighted by Crippen LogP contribution is -2.16. The number of aromatic hydroxyl groups is 1. The van der Waals surface area contributed by atoms with Crippen LogP contribution in [0.25, 0.3) is 11.0 Å². The van der Waals surface area contributed by atoms with Crippen LogP contribution in [0.4, 0.5) is 17.3 Å². The molecule has 13 heteroatoms. The van der Waals surface area contributed by atoms with E-state index in [0.29, 0.717) is 16.6 Å². The molecular weight excluding hydrogens is 526 g/mol. The van der Waals surface area contributed by atoms with Gasteiger partial charge in [-0.2, -0.15) is 5.26 Å². The van der Waals surface area contributed by atoms with Crippen LogP contribution in [0.15, 0.2) is 65.6 Å². The third kappa shape index (κ3) is 6.63. The van der Waals surface area contributed by atoms with E-state index in [-0.39, 0.29) is 65.9 Å². The van der Waals surface area contributed by atoms with Crippen molar-refractivity contribution in [2.75, 3.05) is 43.6 Å². The molecule has 1 heterocycles. The average molecular weight is 552 g/mol. The van der Waals surface area contributed by atoms with Crippen molar-refractivity contribution in [2.24, 2.45) is 0 Å². The van der Waals surface area contributed by atoms with E-state index in [1.54, 1.807) is 24.3 Å². The van der Waals surface area contributed by atoms with Crippen molar-refractivity contribution in [3.05, 3.63) is 66.2 Å². The van der Waals surface area contributed by atoms with Gasteiger partial charge in [0.1, 0.15) is 12.4 Å². The van der Waals surface area contributed by atoms with Crippen LogP contribution < -0.4 is 19.5 Å². The molecule has 0 aliphatic heterocycles. The Labute approximate surface area is 224 Å². The quantitative estimate of drug-likeness (QED) is 0.190. The Bertz CT molecular complexity index is 1610. The van der Waals surface area contributed by atoms with Gasteiger partial charge in [-0.15, -0.1) is 0 Å². The van der Waals surface area contributed by atoms with Gasteiger partial charge >= 0.3 is 0 Å². The van der Waals surface area contributed by atoms with Gasteiger partial charge in [0.25, 0.3) is 10.0 Å². The highest BCUT2D eigenvalue weighted by molar-refractivity contribution is 7.92. The number of anilines is 3. The summed E-state index contributed by atoms with van der Waals surface area (Å²) in [4.78, 5) is 8.93. The maximum atomic E-state index is 13.2. The number of para-hydroxylation sites is 2. The second-order valence-electron chi connectivity index (χ2n) is 7.99. The molecule has 0 bridgehead atoms. The molecule has 12 nitrogen and oxygen atoms in total. The van der Waals surface area contributed by atoms with Gasteiger partial charge in [0.2, 0.25) is 0 Å². The number of ether oxygens (including phenoxy) is 3. The highest BCUT2D eigenvalue weighted by atomic mass is 32.2. The topological polar surface area (TPSA) is 176 Å². The van der Waals surface area contributed by atoms with Crippen LogP contribution in [-0.2, 0) is 14.8 Å². The van der Waals surface area contributed by atoms with Gasteiger partial charge in [-0.3, -0.25) is 4.72 Å². The fourth-order valence-electron chi connectivity index (χ4n) is 3.53. The fourth-order valence-corrected chi connectivity index (χ4v) is 4.54. The number of aliphatic hydroxyl groups excluding tert-OH is 1. The van der Waals surface area contributed by atoms with Crippen LogP contribution in [0, 0.1) is 11.3 Å². The number of aliphatic hydroxyl groups is 1. The lowest BCUT2D eigenvalue weighted by molar-refractivity contribution is 0.0700. The number of phenols is 1. The Hall–Kier alpha value is -4.64. The van der Waals surface area contributed by atoms with E-state index in [4.69, 9.17) is 24.6 Å². The third-order valence-electron chi connectivity index (χ3n) is 5.32. The van der Waals surface area contributed by atoms with Crippen molar-refractivity contribution in [3.8, 4) is 23.3 Å². The number of rotatable bonds is 12.